The molecule has 18 heavy (non-hydrogen) atoms. The number of anilines is 1. The van der Waals surface area contributed by atoms with E-state index in [0.29, 0.717) is 30.2 Å². The van der Waals surface area contributed by atoms with E-state index in [-0.39, 0.29) is 12.0 Å². The number of nitrogens with two attached hydrogens (primary N) is 1. The minimum absolute atomic E-state index is 0.186. The summed E-state index contributed by atoms with van der Waals surface area (Å²) >= 11 is 0. The van der Waals surface area contributed by atoms with Gasteiger partial charge in [-0.1, -0.05) is 0 Å². The molecule has 0 aromatic carbocycles. The predicted octanol–water partition coefficient (Wildman–Crippen LogP) is -0.298. The Labute approximate surface area is 106 Å². The van der Waals surface area contributed by atoms with E-state index >= 15 is 0 Å². The molecular formula is C11H20N4O3. The lowest BCUT2D eigenvalue weighted by Crippen LogP contribution is -2.36. The Morgan fingerprint density at radius 3 is 2.67 bits per heavy atom. The highest BCUT2D eigenvalue weighted by molar-refractivity contribution is 5.97. The molecule has 0 radical (unpaired) electrons. The molecule has 0 fully saturated rings. The number of nitrogens with zero attached hydrogens (tertiary/aromatic N) is 2. The van der Waals surface area contributed by atoms with Crippen LogP contribution < -0.4 is 11.1 Å². The van der Waals surface area contributed by atoms with Crippen LogP contribution in [0.5, 0.6) is 0 Å². The zero-order valence-electron chi connectivity index (χ0n) is 11.2. The van der Waals surface area contributed by atoms with Crippen molar-refractivity contribution in [2.24, 2.45) is 7.05 Å². The average Bonchev–Trinajstić information content (AvgIpc) is 2.58. The molecule has 1 heterocycles. The van der Waals surface area contributed by atoms with Crippen LogP contribution in [-0.4, -0.2) is 49.2 Å². The SMILES string of the molecule is COCC(CNC(=O)c1c(N)c(C)nn1C)OC. The third-order valence-electron chi connectivity index (χ3n) is 2.66. The quantitative estimate of drug-likeness (QED) is 0.729. The summed E-state index contributed by atoms with van der Waals surface area (Å²) in [5.41, 5.74) is 7.20. The second kappa shape index (κ2) is 6.36. The number of rotatable bonds is 6. The summed E-state index contributed by atoms with van der Waals surface area (Å²) in [6.45, 7) is 2.53. The zero-order chi connectivity index (χ0) is 13.7. The molecule has 0 spiro atoms. The number of nitrogen functional groups attached to an aromatic ring is 1. The van der Waals surface area contributed by atoms with E-state index in [1.807, 2.05) is 0 Å². The van der Waals surface area contributed by atoms with Gasteiger partial charge in [-0.15, -0.1) is 0 Å². The summed E-state index contributed by atoms with van der Waals surface area (Å²) in [7, 11) is 4.83. The second-order valence-corrected chi connectivity index (χ2v) is 3.99. The van der Waals surface area contributed by atoms with Gasteiger partial charge in [0.05, 0.1) is 24.1 Å². The van der Waals surface area contributed by atoms with Gasteiger partial charge >= 0.3 is 0 Å². The molecule has 1 aromatic rings. The summed E-state index contributed by atoms with van der Waals surface area (Å²) in [6, 6.07) is 0. The molecular weight excluding hydrogens is 236 g/mol. The molecule has 0 saturated carbocycles. The maximum atomic E-state index is 12.0. The Morgan fingerprint density at radius 2 is 2.22 bits per heavy atom. The summed E-state index contributed by atoms with van der Waals surface area (Å²) in [6.07, 6.45) is -0.186. The number of carbonyl (C=O) groups is 1. The van der Waals surface area contributed by atoms with E-state index in [0.717, 1.165) is 0 Å². The molecule has 3 N–H and O–H groups in total. The lowest BCUT2D eigenvalue weighted by Gasteiger charge is -2.15. The Kier molecular flexibility index (Phi) is 5.11. The maximum Gasteiger partial charge on any atom is 0.271 e. The smallest absolute Gasteiger partial charge is 0.271 e. The number of hydrogen-bond donors (Lipinski definition) is 2. The van der Waals surface area contributed by atoms with Crippen molar-refractivity contribution in [1.29, 1.82) is 0 Å². The van der Waals surface area contributed by atoms with Gasteiger partial charge in [-0.2, -0.15) is 5.10 Å². The van der Waals surface area contributed by atoms with Gasteiger partial charge in [-0.3, -0.25) is 9.48 Å². The summed E-state index contributed by atoms with van der Waals surface area (Å²) < 4.78 is 11.6. The molecule has 1 atom stereocenters. The lowest BCUT2D eigenvalue weighted by molar-refractivity contribution is 0.0284. The molecule has 0 bridgehead atoms. The first kappa shape index (κ1) is 14.5. The van der Waals surface area contributed by atoms with Gasteiger partial charge in [0, 0.05) is 27.8 Å². The fourth-order valence-corrected chi connectivity index (χ4v) is 1.63. The van der Waals surface area contributed by atoms with Crippen LogP contribution in [0.2, 0.25) is 0 Å². The van der Waals surface area contributed by atoms with Gasteiger partial charge in [0.1, 0.15) is 5.69 Å². The largest absolute Gasteiger partial charge is 0.395 e. The molecule has 1 unspecified atom stereocenters. The Balaban J connectivity index is 2.65. The van der Waals surface area contributed by atoms with E-state index in [2.05, 4.69) is 10.4 Å². The fourth-order valence-electron chi connectivity index (χ4n) is 1.63. The van der Waals surface area contributed by atoms with Crippen molar-refractivity contribution in [2.45, 2.75) is 13.0 Å². The standard InChI is InChI=1S/C11H20N4O3/c1-7-9(12)10(15(2)14-7)11(16)13-5-8(18-4)6-17-3/h8H,5-6,12H2,1-4H3,(H,13,16). The second-order valence-electron chi connectivity index (χ2n) is 3.99. The van der Waals surface area contributed by atoms with Crippen molar-refractivity contribution >= 4 is 11.6 Å². The van der Waals surface area contributed by atoms with Crippen LogP contribution in [0.4, 0.5) is 5.69 Å². The van der Waals surface area contributed by atoms with E-state index in [1.165, 1.54) is 4.68 Å². The summed E-state index contributed by atoms with van der Waals surface area (Å²) in [5, 5.41) is 6.84. The van der Waals surface area contributed by atoms with Gasteiger partial charge in [-0.25, -0.2) is 0 Å². The number of carbonyl (C=O) groups excluding carboxylic acids is 1. The maximum absolute atomic E-state index is 12.0. The number of amides is 1. The van der Waals surface area contributed by atoms with Gasteiger partial charge in [0.2, 0.25) is 0 Å². The molecule has 0 aliphatic heterocycles. The van der Waals surface area contributed by atoms with Crippen molar-refractivity contribution in [3.8, 4) is 0 Å². The molecule has 0 saturated heterocycles. The van der Waals surface area contributed by atoms with Crippen LogP contribution >= 0.6 is 0 Å². The van der Waals surface area contributed by atoms with Crippen LogP contribution in [0.3, 0.4) is 0 Å². The number of aromatic nitrogens is 2. The minimum Gasteiger partial charge on any atom is -0.395 e. The molecule has 0 aliphatic rings. The van der Waals surface area contributed by atoms with E-state index < -0.39 is 0 Å². The normalized spacial score (nSPS) is 12.4. The summed E-state index contributed by atoms with van der Waals surface area (Å²) in [4.78, 5) is 12.0. The van der Waals surface area contributed by atoms with Crippen LogP contribution in [0.15, 0.2) is 0 Å². The molecule has 7 heteroatoms. The highest BCUT2D eigenvalue weighted by Gasteiger charge is 2.18. The van der Waals surface area contributed by atoms with Gasteiger partial charge in [0.15, 0.2) is 0 Å². The molecule has 1 rings (SSSR count). The fraction of sp³-hybridized carbons (Fsp3) is 0.636. The van der Waals surface area contributed by atoms with Crippen LogP contribution in [0.25, 0.3) is 0 Å². The number of nitrogens with one attached hydrogen (secondary N) is 1. The van der Waals surface area contributed by atoms with Crippen molar-refractivity contribution < 1.29 is 14.3 Å². The highest BCUT2D eigenvalue weighted by Crippen LogP contribution is 2.14. The van der Waals surface area contributed by atoms with Crippen molar-refractivity contribution in [1.82, 2.24) is 15.1 Å². The first-order valence-corrected chi connectivity index (χ1v) is 5.60. The monoisotopic (exact) mass is 256 g/mol. The van der Waals surface area contributed by atoms with E-state index in [9.17, 15) is 4.79 Å². The predicted molar refractivity (Wildman–Crippen MR) is 67.4 cm³/mol. The topological polar surface area (TPSA) is 91.4 Å². The zero-order valence-corrected chi connectivity index (χ0v) is 11.2. The molecule has 0 aliphatic carbocycles. The van der Waals surface area contributed by atoms with Gasteiger partial charge < -0.3 is 20.5 Å². The Hall–Kier alpha value is -1.60. The molecule has 7 nitrogen and oxygen atoms in total. The van der Waals surface area contributed by atoms with E-state index in [4.69, 9.17) is 15.2 Å². The molecule has 1 aromatic heterocycles. The average molecular weight is 256 g/mol. The Morgan fingerprint density at radius 1 is 1.56 bits per heavy atom. The minimum atomic E-state index is -0.270. The van der Waals surface area contributed by atoms with Crippen LogP contribution in [-0.2, 0) is 16.5 Å². The third-order valence-corrected chi connectivity index (χ3v) is 2.66. The highest BCUT2D eigenvalue weighted by atomic mass is 16.5. The number of ether oxygens (including phenoxy) is 2. The first-order valence-electron chi connectivity index (χ1n) is 5.60. The first-order chi connectivity index (χ1) is 8.51. The van der Waals surface area contributed by atoms with Crippen molar-refractivity contribution in [3.63, 3.8) is 0 Å². The van der Waals surface area contributed by atoms with Gasteiger partial charge in [-0.05, 0) is 6.92 Å². The van der Waals surface area contributed by atoms with Crippen molar-refractivity contribution in [2.75, 3.05) is 33.1 Å². The number of methoxy groups -OCH3 is 2. The Bertz CT molecular complexity index is 417. The van der Waals surface area contributed by atoms with Gasteiger partial charge in [0.25, 0.3) is 5.91 Å². The molecule has 1 amide bonds. The third kappa shape index (κ3) is 3.21. The number of aryl methyl sites for hydroxylation is 2. The lowest BCUT2D eigenvalue weighted by atomic mass is 10.3. The van der Waals surface area contributed by atoms with Crippen LogP contribution in [0, 0.1) is 6.92 Å². The molecule has 102 valence electrons. The van der Waals surface area contributed by atoms with Crippen molar-refractivity contribution in [3.05, 3.63) is 11.4 Å². The number of hydrogen-bond acceptors (Lipinski definition) is 5. The van der Waals surface area contributed by atoms with E-state index in [1.54, 1.807) is 28.2 Å². The summed E-state index contributed by atoms with van der Waals surface area (Å²) in [5.74, 6) is -0.270. The van der Waals surface area contributed by atoms with Crippen LogP contribution in [0.1, 0.15) is 16.2 Å².